The van der Waals surface area contributed by atoms with E-state index in [0.29, 0.717) is 0 Å². The molecule has 3 rings (SSSR count). The maximum absolute atomic E-state index is 5.82. The van der Waals surface area contributed by atoms with E-state index < -0.39 is 0 Å². The number of rotatable bonds is 5. The first-order valence-electron chi connectivity index (χ1n) is 7.33. The quantitative estimate of drug-likeness (QED) is 0.902. The third kappa shape index (κ3) is 2.59. The molecule has 1 aliphatic rings. The van der Waals surface area contributed by atoms with Gasteiger partial charge in [-0.2, -0.15) is 0 Å². The number of nitrogens with one attached hydrogen (secondary N) is 1. The molecule has 1 atom stereocenters. The maximum atomic E-state index is 5.82. The summed E-state index contributed by atoms with van der Waals surface area (Å²) < 4.78 is 11.4. The second-order valence-electron chi connectivity index (χ2n) is 5.30. The molecule has 3 heteroatoms. The first kappa shape index (κ1) is 13.3. The molecule has 20 heavy (non-hydrogen) atoms. The molecule has 0 aliphatic carbocycles. The summed E-state index contributed by atoms with van der Waals surface area (Å²) in [6.45, 7) is 5.93. The molecule has 3 nitrogen and oxygen atoms in total. The van der Waals surface area contributed by atoms with Crippen molar-refractivity contribution in [2.45, 2.75) is 32.7 Å². The summed E-state index contributed by atoms with van der Waals surface area (Å²) in [6, 6.07) is 10.7. The number of hydrogen-bond donors (Lipinski definition) is 1. The first-order chi connectivity index (χ1) is 9.78. The molecule has 1 aliphatic heterocycles. The lowest BCUT2D eigenvalue weighted by molar-refractivity contribution is 0.356. The fourth-order valence-corrected chi connectivity index (χ4v) is 2.67. The van der Waals surface area contributed by atoms with E-state index in [1.165, 1.54) is 11.1 Å². The van der Waals surface area contributed by atoms with Crippen LogP contribution in [0.5, 0.6) is 5.75 Å². The largest absolute Gasteiger partial charge is 0.493 e. The summed E-state index contributed by atoms with van der Waals surface area (Å²) in [5.41, 5.74) is 2.55. The highest BCUT2D eigenvalue weighted by atomic mass is 16.5. The summed E-state index contributed by atoms with van der Waals surface area (Å²) in [5, 5.41) is 3.57. The third-order valence-electron chi connectivity index (χ3n) is 3.69. The van der Waals surface area contributed by atoms with Crippen LogP contribution in [0.15, 0.2) is 34.7 Å². The van der Waals surface area contributed by atoms with E-state index in [-0.39, 0.29) is 6.04 Å². The summed E-state index contributed by atoms with van der Waals surface area (Å²) in [6.07, 6.45) is 2.10. The Morgan fingerprint density at radius 2 is 2.15 bits per heavy atom. The van der Waals surface area contributed by atoms with E-state index in [1.807, 2.05) is 13.0 Å². The van der Waals surface area contributed by atoms with Crippen molar-refractivity contribution in [3.05, 3.63) is 53.0 Å². The zero-order valence-electron chi connectivity index (χ0n) is 12.1. The second-order valence-corrected chi connectivity index (χ2v) is 5.30. The van der Waals surface area contributed by atoms with Crippen LogP contribution in [-0.2, 0) is 6.42 Å². The van der Waals surface area contributed by atoms with E-state index in [0.717, 1.165) is 43.3 Å². The molecule has 0 spiro atoms. The predicted octanol–water partition coefficient (Wildman–Crippen LogP) is 3.61. The Kier molecular flexibility index (Phi) is 3.79. The summed E-state index contributed by atoms with van der Waals surface area (Å²) >= 11 is 0. The molecule has 1 aromatic carbocycles. The van der Waals surface area contributed by atoms with E-state index >= 15 is 0 Å². The second kappa shape index (κ2) is 5.71. The van der Waals surface area contributed by atoms with Crippen molar-refractivity contribution in [2.75, 3.05) is 13.2 Å². The molecule has 0 radical (unpaired) electrons. The van der Waals surface area contributed by atoms with Crippen LogP contribution in [0.2, 0.25) is 0 Å². The van der Waals surface area contributed by atoms with Crippen LogP contribution in [0.25, 0.3) is 0 Å². The number of benzene rings is 1. The van der Waals surface area contributed by atoms with E-state index in [4.69, 9.17) is 9.15 Å². The Morgan fingerprint density at radius 3 is 2.90 bits per heavy atom. The number of fused-ring (bicyclic) bond motifs is 1. The predicted molar refractivity (Wildman–Crippen MR) is 79.2 cm³/mol. The Labute approximate surface area is 119 Å². The van der Waals surface area contributed by atoms with Crippen molar-refractivity contribution in [1.29, 1.82) is 0 Å². The van der Waals surface area contributed by atoms with Crippen molar-refractivity contribution in [3.63, 3.8) is 0 Å². The van der Waals surface area contributed by atoms with Gasteiger partial charge in [-0.25, -0.2) is 0 Å². The van der Waals surface area contributed by atoms with Crippen molar-refractivity contribution in [3.8, 4) is 5.75 Å². The van der Waals surface area contributed by atoms with Crippen molar-refractivity contribution in [1.82, 2.24) is 5.32 Å². The Hall–Kier alpha value is -1.74. The van der Waals surface area contributed by atoms with Gasteiger partial charge in [-0.1, -0.05) is 13.0 Å². The molecule has 106 valence electrons. The summed E-state index contributed by atoms with van der Waals surface area (Å²) in [7, 11) is 0. The van der Waals surface area contributed by atoms with Gasteiger partial charge < -0.3 is 14.5 Å². The summed E-state index contributed by atoms with van der Waals surface area (Å²) in [4.78, 5) is 0. The zero-order valence-corrected chi connectivity index (χ0v) is 12.1. The van der Waals surface area contributed by atoms with Gasteiger partial charge in [0.05, 0.1) is 12.6 Å². The number of ether oxygens (including phenoxy) is 1. The van der Waals surface area contributed by atoms with Gasteiger partial charge in [0, 0.05) is 6.42 Å². The standard InChI is InChI=1S/C17H21NO2/c1-3-9-18-17(16-6-4-12(2)20-16)14-5-7-15-13(11-14)8-10-19-15/h4-7,11,17-18H,3,8-10H2,1-2H3. The fourth-order valence-electron chi connectivity index (χ4n) is 2.67. The monoisotopic (exact) mass is 271 g/mol. The van der Waals surface area contributed by atoms with Crippen LogP contribution < -0.4 is 10.1 Å². The molecular weight excluding hydrogens is 250 g/mol. The molecule has 0 saturated carbocycles. The zero-order chi connectivity index (χ0) is 13.9. The molecule has 0 saturated heterocycles. The average Bonchev–Trinajstić information content (AvgIpc) is 3.07. The number of aryl methyl sites for hydroxylation is 1. The Balaban J connectivity index is 1.92. The molecule has 1 aromatic heterocycles. The number of furan rings is 1. The van der Waals surface area contributed by atoms with Crippen LogP contribution in [0.1, 0.15) is 42.0 Å². The highest BCUT2D eigenvalue weighted by Crippen LogP contribution is 2.31. The Morgan fingerprint density at radius 1 is 1.25 bits per heavy atom. The van der Waals surface area contributed by atoms with Crippen LogP contribution >= 0.6 is 0 Å². The first-order valence-corrected chi connectivity index (χ1v) is 7.33. The van der Waals surface area contributed by atoms with Gasteiger partial charge in [0.25, 0.3) is 0 Å². The van der Waals surface area contributed by atoms with Crippen molar-refractivity contribution < 1.29 is 9.15 Å². The molecule has 2 heterocycles. The molecule has 1 unspecified atom stereocenters. The van der Waals surface area contributed by atoms with Gasteiger partial charge in [-0.05, 0) is 55.3 Å². The topological polar surface area (TPSA) is 34.4 Å². The fraction of sp³-hybridized carbons (Fsp3) is 0.412. The highest BCUT2D eigenvalue weighted by Gasteiger charge is 2.20. The molecule has 0 amide bonds. The molecule has 2 aromatic rings. The van der Waals surface area contributed by atoms with Crippen molar-refractivity contribution >= 4 is 0 Å². The lowest BCUT2D eigenvalue weighted by Crippen LogP contribution is -2.22. The van der Waals surface area contributed by atoms with Gasteiger partial charge in [0.1, 0.15) is 17.3 Å². The molecule has 0 bridgehead atoms. The maximum Gasteiger partial charge on any atom is 0.125 e. The minimum Gasteiger partial charge on any atom is -0.493 e. The smallest absolute Gasteiger partial charge is 0.125 e. The van der Waals surface area contributed by atoms with Gasteiger partial charge in [0.2, 0.25) is 0 Å². The molecule has 0 fully saturated rings. The third-order valence-corrected chi connectivity index (χ3v) is 3.69. The van der Waals surface area contributed by atoms with Crippen LogP contribution in [0, 0.1) is 6.92 Å². The molecular formula is C17H21NO2. The normalized spacial score (nSPS) is 14.9. The van der Waals surface area contributed by atoms with Crippen LogP contribution in [0.4, 0.5) is 0 Å². The van der Waals surface area contributed by atoms with E-state index in [2.05, 4.69) is 36.5 Å². The van der Waals surface area contributed by atoms with Gasteiger partial charge in [-0.15, -0.1) is 0 Å². The van der Waals surface area contributed by atoms with Gasteiger partial charge in [-0.3, -0.25) is 0 Å². The van der Waals surface area contributed by atoms with Gasteiger partial charge in [0.15, 0.2) is 0 Å². The van der Waals surface area contributed by atoms with E-state index in [9.17, 15) is 0 Å². The average molecular weight is 271 g/mol. The summed E-state index contributed by atoms with van der Waals surface area (Å²) in [5.74, 6) is 2.96. The Bertz CT molecular complexity index is 588. The van der Waals surface area contributed by atoms with Gasteiger partial charge >= 0.3 is 0 Å². The minimum atomic E-state index is 0.120. The lowest BCUT2D eigenvalue weighted by Gasteiger charge is -2.17. The van der Waals surface area contributed by atoms with E-state index in [1.54, 1.807) is 0 Å². The minimum absolute atomic E-state index is 0.120. The van der Waals surface area contributed by atoms with Crippen molar-refractivity contribution in [2.24, 2.45) is 0 Å². The number of hydrogen-bond acceptors (Lipinski definition) is 3. The molecule has 1 N–H and O–H groups in total. The highest BCUT2D eigenvalue weighted by molar-refractivity contribution is 5.42. The SMILES string of the molecule is CCCNC(c1ccc2c(c1)CCO2)c1ccc(C)o1. The van der Waals surface area contributed by atoms with Crippen LogP contribution in [-0.4, -0.2) is 13.2 Å². The lowest BCUT2D eigenvalue weighted by atomic mass is 10.0. The van der Waals surface area contributed by atoms with Crippen LogP contribution in [0.3, 0.4) is 0 Å².